The first kappa shape index (κ1) is 27.0. The van der Waals surface area contributed by atoms with Gasteiger partial charge in [-0.05, 0) is 67.1 Å². The van der Waals surface area contributed by atoms with Gasteiger partial charge in [-0.3, -0.25) is 10.2 Å². The van der Waals surface area contributed by atoms with Crippen molar-refractivity contribution in [1.29, 1.82) is 5.41 Å². The van der Waals surface area contributed by atoms with E-state index in [0.717, 1.165) is 62.7 Å². The van der Waals surface area contributed by atoms with E-state index in [0.29, 0.717) is 29.0 Å². The number of rotatable bonds is 11. The van der Waals surface area contributed by atoms with Gasteiger partial charge in [0.25, 0.3) is 5.91 Å². The van der Waals surface area contributed by atoms with Crippen LogP contribution in [-0.4, -0.2) is 47.4 Å². The molecule has 1 aliphatic heterocycles. The Labute approximate surface area is 213 Å². The number of nitrogens with two attached hydrogens (primary N) is 1. The van der Waals surface area contributed by atoms with Crippen molar-refractivity contribution < 1.29 is 19.4 Å². The molecule has 8 nitrogen and oxygen atoms in total. The van der Waals surface area contributed by atoms with E-state index in [2.05, 4.69) is 18.3 Å². The Morgan fingerprint density at radius 1 is 1.11 bits per heavy atom. The Balaban J connectivity index is 1.94. The summed E-state index contributed by atoms with van der Waals surface area (Å²) in [4.78, 5) is 27.3. The first-order valence-electron chi connectivity index (χ1n) is 12.8. The number of aliphatic carboxylic acids is 1. The van der Waals surface area contributed by atoms with Gasteiger partial charge in [0.15, 0.2) is 12.6 Å². The summed E-state index contributed by atoms with van der Waals surface area (Å²) in [5.41, 5.74) is 9.11. The van der Waals surface area contributed by atoms with Crippen LogP contribution in [0.1, 0.15) is 74.2 Å². The molecule has 194 valence electrons. The van der Waals surface area contributed by atoms with Crippen LogP contribution in [0.2, 0.25) is 0 Å². The van der Waals surface area contributed by atoms with E-state index in [1.54, 1.807) is 24.3 Å². The Bertz CT molecular complexity index is 1060. The number of nitrogens with one attached hydrogen (secondary N) is 2. The smallest absolute Gasteiger partial charge is 0.330 e. The number of nitrogen functional groups attached to an aromatic ring is 1. The quantitative estimate of drug-likeness (QED) is 0.269. The summed E-state index contributed by atoms with van der Waals surface area (Å²) in [7, 11) is 0. The van der Waals surface area contributed by atoms with Gasteiger partial charge in [-0.2, -0.15) is 0 Å². The molecule has 0 bridgehead atoms. The molecule has 1 heterocycles. The fourth-order valence-electron chi connectivity index (χ4n) is 4.56. The number of anilines is 1. The maximum atomic E-state index is 13.0. The third-order valence-electron chi connectivity index (χ3n) is 6.55. The number of carboxylic acids is 1. The number of ether oxygens (including phenoxy) is 1. The molecule has 5 N–H and O–H groups in total. The van der Waals surface area contributed by atoms with Gasteiger partial charge in [0.05, 0.1) is 0 Å². The van der Waals surface area contributed by atoms with Crippen LogP contribution in [0.4, 0.5) is 5.69 Å². The van der Waals surface area contributed by atoms with Gasteiger partial charge in [0, 0.05) is 29.9 Å². The van der Waals surface area contributed by atoms with Crippen LogP contribution in [0, 0.1) is 5.41 Å². The molecule has 1 unspecified atom stereocenters. The first-order chi connectivity index (χ1) is 17.3. The van der Waals surface area contributed by atoms with Crippen LogP contribution in [-0.2, 0) is 22.4 Å². The normalized spacial score (nSPS) is 14.6. The summed E-state index contributed by atoms with van der Waals surface area (Å²) < 4.78 is 6.16. The van der Waals surface area contributed by atoms with Crippen molar-refractivity contribution in [1.82, 2.24) is 4.90 Å². The highest BCUT2D eigenvalue weighted by molar-refractivity contribution is 5.95. The molecule has 0 saturated carbocycles. The highest BCUT2D eigenvalue weighted by Gasteiger charge is 2.27. The summed E-state index contributed by atoms with van der Waals surface area (Å²) >= 11 is 0. The highest BCUT2D eigenvalue weighted by atomic mass is 16.5. The Morgan fingerprint density at radius 3 is 2.33 bits per heavy atom. The van der Waals surface area contributed by atoms with Crippen molar-refractivity contribution in [3.05, 3.63) is 58.7 Å². The monoisotopic (exact) mass is 494 g/mol. The lowest BCUT2D eigenvalue weighted by atomic mass is 9.95. The number of aryl methyl sites for hydroxylation is 2. The van der Waals surface area contributed by atoms with Gasteiger partial charge >= 0.3 is 5.97 Å². The van der Waals surface area contributed by atoms with Gasteiger partial charge in [-0.15, -0.1) is 0 Å². The zero-order chi connectivity index (χ0) is 26.1. The van der Waals surface area contributed by atoms with E-state index in [1.165, 1.54) is 0 Å². The van der Waals surface area contributed by atoms with Crippen LogP contribution in [0.15, 0.2) is 36.4 Å². The lowest BCUT2D eigenvalue weighted by Gasteiger charge is -2.25. The van der Waals surface area contributed by atoms with E-state index in [4.69, 9.17) is 15.9 Å². The molecule has 0 aliphatic carbocycles. The van der Waals surface area contributed by atoms with Crippen LogP contribution >= 0.6 is 0 Å². The standard InChI is InChI=1S/C28H38N4O4/c1-3-9-21-16-19(4-2)17-23(26(21)36-18-24(33)32-14-7-5-6-8-15-32)25(28(34)35)31-22-12-10-20(11-13-22)27(29)30/h10-13,16-17,25,31H,3-9,14-15,18H2,1-2H3,(H3,29,30)(H,34,35). The average Bonchev–Trinajstić information content (AvgIpc) is 3.16. The molecule has 0 aromatic heterocycles. The van der Waals surface area contributed by atoms with Crippen molar-refractivity contribution in [3.63, 3.8) is 0 Å². The van der Waals surface area contributed by atoms with Crippen molar-refractivity contribution in [2.45, 2.75) is 64.8 Å². The van der Waals surface area contributed by atoms with Crippen molar-refractivity contribution in [2.24, 2.45) is 5.73 Å². The lowest BCUT2D eigenvalue weighted by Crippen LogP contribution is -2.36. The second kappa shape index (κ2) is 13.0. The van der Waals surface area contributed by atoms with Gasteiger partial charge in [0.1, 0.15) is 11.6 Å². The number of carbonyl (C=O) groups excluding carboxylic acids is 1. The Morgan fingerprint density at radius 2 is 1.78 bits per heavy atom. The predicted octanol–water partition coefficient (Wildman–Crippen LogP) is 4.50. The number of carbonyl (C=O) groups is 2. The van der Waals surface area contributed by atoms with E-state index in [1.807, 2.05) is 17.9 Å². The summed E-state index contributed by atoms with van der Waals surface area (Å²) in [5.74, 6) is -0.701. The van der Waals surface area contributed by atoms with Crippen LogP contribution in [0.5, 0.6) is 5.75 Å². The third-order valence-corrected chi connectivity index (χ3v) is 6.55. The Hall–Kier alpha value is -3.55. The number of amidine groups is 1. The van der Waals surface area contributed by atoms with Crippen LogP contribution < -0.4 is 15.8 Å². The SMILES string of the molecule is CCCc1cc(CC)cc(C(Nc2ccc(C(=N)N)cc2)C(=O)O)c1OCC(=O)N1CCCCCC1. The number of nitrogens with zero attached hydrogens (tertiary/aromatic N) is 1. The molecular weight excluding hydrogens is 456 g/mol. The molecule has 3 rings (SSSR count). The second-order valence-electron chi connectivity index (χ2n) is 9.27. The fraction of sp³-hybridized carbons (Fsp3) is 0.464. The summed E-state index contributed by atoms with van der Waals surface area (Å²) in [6.07, 6.45) is 6.58. The summed E-state index contributed by atoms with van der Waals surface area (Å²) in [6, 6.07) is 9.58. The van der Waals surface area contributed by atoms with E-state index in [9.17, 15) is 14.7 Å². The average molecular weight is 495 g/mol. The van der Waals surface area contributed by atoms with Gasteiger partial charge in [-0.25, -0.2) is 4.79 Å². The molecule has 1 aliphatic rings. The minimum Gasteiger partial charge on any atom is -0.483 e. The second-order valence-corrected chi connectivity index (χ2v) is 9.27. The zero-order valence-corrected chi connectivity index (χ0v) is 21.3. The van der Waals surface area contributed by atoms with Crippen LogP contribution in [0.3, 0.4) is 0 Å². The third kappa shape index (κ3) is 6.99. The van der Waals surface area contributed by atoms with Crippen LogP contribution in [0.25, 0.3) is 0 Å². The lowest BCUT2D eigenvalue weighted by molar-refractivity contribution is -0.138. The Kier molecular flexibility index (Phi) is 9.73. The summed E-state index contributed by atoms with van der Waals surface area (Å²) in [5, 5.41) is 20.9. The molecule has 36 heavy (non-hydrogen) atoms. The van der Waals surface area contributed by atoms with Crippen molar-refractivity contribution >= 4 is 23.4 Å². The van der Waals surface area contributed by atoms with Gasteiger partial charge in [-0.1, -0.05) is 39.2 Å². The molecule has 1 saturated heterocycles. The molecule has 1 atom stereocenters. The predicted molar refractivity (Wildman–Crippen MR) is 142 cm³/mol. The van der Waals surface area contributed by atoms with Crippen molar-refractivity contribution in [3.8, 4) is 5.75 Å². The number of hydrogen-bond donors (Lipinski definition) is 4. The fourth-order valence-corrected chi connectivity index (χ4v) is 4.56. The number of hydrogen-bond acceptors (Lipinski definition) is 5. The minimum atomic E-state index is -1.08. The maximum absolute atomic E-state index is 13.0. The van der Waals surface area contributed by atoms with E-state index >= 15 is 0 Å². The van der Waals surface area contributed by atoms with Gasteiger partial charge in [0.2, 0.25) is 0 Å². The highest BCUT2D eigenvalue weighted by Crippen LogP contribution is 2.34. The largest absolute Gasteiger partial charge is 0.483 e. The van der Waals surface area contributed by atoms with E-state index in [-0.39, 0.29) is 18.3 Å². The van der Waals surface area contributed by atoms with Gasteiger partial charge < -0.3 is 25.8 Å². The first-order valence-corrected chi connectivity index (χ1v) is 12.8. The molecule has 8 heteroatoms. The topological polar surface area (TPSA) is 129 Å². The molecule has 0 spiro atoms. The van der Waals surface area contributed by atoms with Crippen molar-refractivity contribution in [2.75, 3.05) is 25.0 Å². The number of benzene rings is 2. The number of carboxylic acid groups (broad SMARTS) is 1. The summed E-state index contributed by atoms with van der Waals surface area (Å²) in [6.45, 7) is 5.45. The molecule has 1 amide bonds. The van der Waals surface area contributed by atoms with E-state index < -0.39 is 12.0 Å². The number of likely N-dealkylation sites (tertiary alicyclic amines) is 1. The molecule has 0 radical (unpaired) electrons. The molecule has 1 fully saturated rings. The maximum Gasteiger partial charge on any atom is 0.330 e. The minimum absolute atomic E-state index is 0.0547. The molecule has 2 aromatic carbocycles. The number of amides is 1. The zero-order valence-electron chi connectivity index (χ0n) is 21.3. The molecular formula is C28H38N4O4. The molecule has 2 aromatic rings.